The van der Waals surface area contributed by atoms with Crippen LogP contribution in [0.3, 0.4) is 0 Å². The molecule has 49 heavy (non-hydrogen) atoms. The molecule has 0 bridgehead atoms. The van der Waals surface area contributed by atoms with Crippen LogP contribution in [-0.4, -0.2) is 9.55 Å². The lowest BCUT2D eigenvalue weighted by molar-refractivity contribution is 1.08. The highest BCUT2D eigenvalue weighted by molar-refractivity contribution is 7.25. The molecule has 10 aromatic rings. The van der Waals surface area contributed by atoms with Crippen LogP contribution in [0, 0.1) is 0 Å². The average Bonchev–Trinajstić information content (AvgIpc) is 3.71. The SMILES string of the molecule is c1ccc(-n2c3ccccc3c3cc(-c4ccc(N(c5ccc6sc7ccccc7c6c5)c5cccc6ccccc56)cc4)ccc32)nc1. The molecular formula is C45H29N3S. The van der Waals surface area contributed by atoms with Crippen molar-refractivity contribution < 1.29 is 0 Å². The van der Waals surface area contributed by atoms with Gasteiger partial charge in [-0.25, -0.2) is 4.98 Å². The lowest BCUT2D eigenvalue weighted by atomic mass is 10.0. The molecule has 0 aliphatic carbocycles. The minimum absolute atomic E-state index is 0.924. The summed E-state index contributed by atoms with van der Waals surface area (Å²) in [5.74, 6) is 0.924. The lowest BCUT2D eigenvalue weighted by Gasteiger charge is -2.27. The van der Waals surface area contributed by atoms with Crippen molar-refractivity contribution in [2.45, 2.75) is 0 Å². The summed E-state index contributed by atoms with van der Waals surface area (Å²) in [5.41, 5.74) is 8.09. The zero-order valence-corrected chi connectivity index (χ0v) is 27.3. The highest BCUT2D eigenvalue weighted by Gasteiger charge is 2.18. The van der Waals surface area contributed by atoms with E-state index in [0.29, 0.717) is 0 Å². The molecule has 0 amide bonds. The predicted molar refractivity (Wildman–Crippen MR) is 209 cm³/mol. The van der Waals surface area contributed by atoms with E-state index in [0.717, 1.165) is 33.9 Å². The molecule has 230 valence electrons. The summed E-state index contributed by atoms with van der Waals surface area (Å²) in [7, 11) is 0. The first-order valence-electron chi connectivity index (χ1n) is 16.5. The maximum absolute atomic E-state index is 4.68. The van der Waals surface area contributed by atoms with Crippen molar-refractivity contribution in [2.75, 3.05) is 4.90 Å². The summed E-state index contributed by atoms with van der Waals surface area (Å²) < 4.78 is 4.88. The highest BCUT2D eigenvalue weighted by Crippen LogP contribution is 2.43. The molecule has 0 spiro atoms. The van der Waals surface area contributed by atoms with E-state index in [1.807, 2.05) is 29.7 Å². The van der Waals surface area contributed by atoms with Crippen molar-refractivity contribution >= 4 is 81.1 Å². The Kier molecular flexibility index (Phi) is 6.36. The maximum atomic E-state index is 4.68. The Labute approximate surface area is 287 Å². The largest absolute Gasteiger partial charge is 0.310 e. The van der Waals surface area contributed by atoms with Crippen molar-refractivity contribution in [3.05, 3.63) is 176 Å². The van der Waals surface area contributed by atoms with Gasteiger partial charge in [0.2, 0.25) is 0 Å². The summed E-state index contributed by atoms with van der Waals surface area (Å²) in [6.07, 6.45) is 1.86. The fraction of sp³-hybridized carbons (Fsp3) is 0. The molecule has 4 heteroatoms. The van der Waals surface area contributed by atoms with Gasteiger partial charge in [0.15, 0.2) is 0 Å². The number of anilines is 3. The number of thiophene rings is 1. The minimum Gasteiger partial charge on any atom is -0.310 e. The van der Waals surface area contributed by atoms with E-state index in [1.165, 1.54) is 52.8 Å². The van der Waals surface area contributed by atoms with Gasteiger partial charge in [-0.05, 0) is 89.3 Å². The van der Waals surface area contributed by atoms with E-state index in [9.17, 15) is 0 Å². The molecule has 0 aliphatic rings. The van der Waals surface area contributed by atoms with E-state index in [4.69, 9.17) is 0 Å². The first kappa shape index (κ1) is 27.8. The van der Waals surface area contributed by atoms with Gasteiger partial charge in [0.1, 0.15) is 5.82 Å². The second-order valence-electron chi connectivity index (χ2n) is 12.4. The quantitative estimate of drug-likeness (QED) is 0.186. The molecule has 3 nitrogen and oxygen atoms in total. The molecule has 10 rings (SSSR count). The van der Waals surface area contributed by atoms with Crippen LogP contribution in [0.4, 0.5) is 17.1 Å². The number of benzene rings is 7. The van der Waals surface area contributed by atoms with Crippen LogP contribution in [0.2, 0.25) is 0 Å². The average molecular weight is 644 g/mol. The Morgan fingerprint density at radius 2 is 1.14 bits per heavy atom. The zero-order valence-electron chi connectivity index (χ0n) is 26.5. The van der Waals surface area contributed by atoms with Gasteiger partial charge in [-0.3, -0.25) is 4.57 Å². The molecule has 0 saturated heterocycles. The van der Waals surface area contributed by atoms with Crippen molar-refractivity contribution in [3.63, 3.8) is 0 Å². The topological polar surface area (TPSA) is 21.1 Å². The van der Waals surface area contributed by atoms with Crippen molar-refractivity contribution in [1.82, 2.24) is 9.55 Å². The number of para-hydroxylation sites is 1. The fourth-order valence-electron chi connectivity index (χ4n) is 7.37. The second-order valence-corrected chi connectivity index (χ2v) is 13.5. The Balaban J connectivity index is 1.12. The van der Waals surface area contributed by atoms with Gasteiger partial charge in [0, 0.05) is 53.9 Å². The normalized spacial score (nSPS) is 11.7. The van der Waals surface area contributed by atoms with Crippen molar-refractivity contribution in [2.24, 2.45) is 0 Å². The predicted octanol–water partition coefficient (Wildman–Crippen LogP) is 12.8. The summed E-state index contributed by atoms with van der Waals surface area (Å²) >= 11 is 1.85. The van der Waals surface area contributed by atoms with Gasteiger partial charge in [0.05, 0.1) is 16.7 Å². The smallest absolute Gasteiger partial charge is 0.137 e. The molecule has 3 heterocycles. The van der Waals surface area contributed by atoms with Gasteiger partial charge in [-0.15, -0.1) is 11.3 Å². The first-order chi connectivity index (χ1) is 24.3. The molecule has 0 saturated carbocycles. The summed E-state index contributed by atoms with van der Waals surface area (Å²) in [5, 5.41) is 7.48. The third-order valence-electron chi connectivity index (χ3n) is 9.64. The maximum Gasteiger partial charge on any atom is 0.137 e. The van der Waals surface area contributed by atoms with E-state index in [1.54, 1.807) is 0 Å². The molecule has 0 aliphatic heterocycles. The number of hydrogen-bond donors (Lipinski definition) is 0. The van der Waals surface area contributed by atoms with Gasteiger partial charge >= 0.3 is 0 Å². The van der Waals surface area contributed by atoms with Crippen LogP contribution in [0.1, 0.15) is 0 Å². The summed E-state index contributed by atoms with van der Waals surface area (Å²) in [6, 6.07) is 61.3. The van der Waals surface area contributed by atoms with Gasteiger partial charge < -0.3 is 4.90 Å². The molecule has 0 N–H and O–H groups in total. The van der Waals surface area contributed by atoms with Crippen LogP contribution >= 0.6 is 11.3 Å². The number of pyridine rings is 1. The van der Waals surface area contributed by atoms with Crippen molar-refractivity contribution in [1.29, 1.82) is 0 Å². The van der Waals surface area contributed by atoms with Crippen molar-refractivity contribution in [3.8, 4) is 16.9 Å². The molecule has 0 radical (unpaired) electrons. The zero-order chi connectivity index (χ0) is 32.3. The summed E-state index contributed by atoms with van der Waals surface area (Å²) in [6.45, 7) is 0. The van der Waals surface area contributed by atoms with Crippen LogP contribution in [-0.2, 0) is 0 Å². The lowest BCUT2D eigenvalue weighted by Crippen LogP contribution is -2.10. The fourth-order valence-corrected chi connectivity index (χ4v) is 8.46. The Morgan fingerprint density at radius 3 is 2.02 bits per heavy atom. The Hall–Kier alpha value is -6.23. The van der Waals surface area contributed by atoms with Crippen LogP contribution in [0.25, 0.3) is 69.7 Å². The van der Waals surface area contributed by atoms with Gasteiger partial charge in [0.25, 0.3) is 0 Å². The standard InChI is InChI=1S/C45H29N3S/c1-2-12-35-31(10-1)11-9-16-40(35)47(34-24-26-44-39(29-34)37-14-4-6-17-43(37)49-44)33-22-19-30(20-23-33)32-21-25-42-38(28-32)36-13-3-5-15-41(36)48(42)45-18-7-8-27-46-45/h1-29H. The highest BCUT2D eigenvalue weighted by atomic mass is 32.1. The number of rotatable bonds is 5. The monoisotopic (exact) mass is 643 g/mol. The molecule has 7 aromatic carbocycles. The van der Waals surface area contributed by atoms with Gasteiger partial charge in [-0.2, -0.15) is 0 Å². The van der Waals surface area contributed by atoms with Crippen LogP contribution < -0.4 is 4.90 Å². The molecule has 3 aromatic heterocycles. The summed E-state index contributed by atoms with van der Waals surface area (Å²) in [4.78, 5) is 7.09. The van der Waals surface area contributed by atoms with Crippen LogP contribution in [0.5, 0.6) is 0 Å². The number of aromatic nitrogens is 2. The third kappa shape index (κ3) is 4.53. The van der Waals surface area contributed by atoms with E-state index in [2.05, 4.69) is 172 Å². The Bertz CT molecular complexity index is 2820. The molecule has 0 atom stereocenters. The second kappa shape index (κ2) is 11.2. The number of hydrogen-bond acceptors (Lipinski definition) is 3. The minimum atomic E-state index is 0.924. The van der Waals surface area contributed by atoms with E-state index in [-0.39, 0.29) is 0 Å². The molecular weight excluding hydrogens is 615 g/mol. The van der Waals surface area contributed by atoms with E-state index < -0.39 is 0 Å². The molecule has 0 unspecified atom stereocenters. The number of fused-ring (bicyclic) bond motifs is 7. The van der Waals surface area contributed by atoms with E-state index >= 15 is 0 Å². The first-order valence-corrected chi connectivity index (χ1v) is 17.4. The molecule has 0 fully saturated rings. The third-order valence-corrected chi connectivity index (χ3v) is 10.8. The van der Waals surface area contributed by atoms with Gasteiger partial charge in [-0.1, -0.05) is 97.1 Å². The van der Waals surface area contributed by atoms with Crippen LogP contribution in [0.15, 0.2) is 176 Å². The Morgan fingerprint density at radius 1 is 0.449 bits per heavy atom. The number of nitrogens with zero attached hydrogens (tertiary/aromatic N) is 3.